The van der Waals surface area contributed by atoms with Gasteiger partial charge in [0.1, 0.15) is 11.9 Å². The molecule has 3 aliphatic carbocycles. The third-order valence-corrected chi connectivity index (χ3v) is 5.59. The molecule has 2 aliphatic heterocycles. The van der Waals surface area contributed by atoms with Crippen molar-refractivity contribution in [3.63, 3.8) is 0 Å². The molecule has 5 aliphatic rings. The van der Waals surface area contributed by atoms with Gasteiger partial charge < -0.3 is 15.5 Å². The minimum atomic E-state index is 0.104. The second kappa shape index (κ2) is 4.64. The summed E-state index contributed by atoms with van der Waals surface area (Å²) in [4.78, 5) is 15.1. The number of allylic oxidation sites excluding steroid dienone is 3. The molecular weight excluding hydrogens is 274 g/mol. The van der Waals surface area contributed by atoms with E-state index in [4.69, 9.17) is 0 Å². The van der Waals surface area contributed by atoms with Crippen LogP contribution >= 0.6 is 0 Å². The number of rotatable bonds is 5. The zero-order chi connectivity index (χ0) is 14.7. The fraction of sp³-hybridized carbons (Fsp3) is 0.611. The number of nitrogens with zero attached hydrogens (tertiary/aromatic N) is 1. The summed E-state index contributed by atoms with van der Waals surface area (Å²) in [7, 11) is 0. The Morgan fingerprint density at radius 3 is 2.50 bits per heavy atom. The summed E-state index contributed by atoms with van der Waals surface area (Å²) < 4.78 is 0. The third-order valence-electron chi connectivity index (χ3n) is 5.59. The smallest absolute Gasteiger partial charge is 0.269 e. The molecule has 116 valence electrons. The van der Waals surface area contributed by atoms with E-state index in [0.29, 0.717) is 12.0 Å². The summed E-state index contributed by atoms with van der Waals surface area (Å²) in [6, 6.07) is 0.416. The van der Waals surface area contributed by atoms with E-state index in [1.54, 1.807) is 0 Å². The SMILES string of the molecule is O=C(NC(C1CC1)C1CC1)C1=C2C=CC=CN2C(C2CC2)N1. The molecule has 2 heterocycles. The number of hydrogen-bond donors (Lipinski definition) is 2. The zero-order valence-corrected chi connectivity index (χ0v) is 12.8. The summed E-state index contributed by atoms with van der Waals surface area (Å²) in [5.74, 6) is 2.26. The fourth-order valence-electron chi connectivity index (χ4n) is 3.90. The van der Waals surface area contributed by atoms with Crippen molar-refractivity contribution in [3.8, 4) is 0 Å². The van der Waals surface area contributed by atoms with Crippen LogP contribution in [0.2, 0.25) is 0 Å². The standard InChI is InChI=1S/C18H23N3O/c22-18(20-15(11-4-5-11)12-6-7-12)16-14-3-1-2-10-21(14)17(19-16)13-8-9-13/h1-3,10-13,15,17,19H,4-9H2,(H,20,22). The molecule has 3 saturated carbocycles. The van der Waals surface area contributed by atoms with Gasteiger partial charge >= 0.3 is 0 Å². The molecule has 0 aromatic heterocycles. The van der Waals surface area contributed by atoms with Crippen molar-refractivity contribution in [1.29, 1.82) is 0 Å². The van der Waals surface area contributed by atoms with E-state index < -0.39 is 0 Å². The molecule has 1 atom stereocenters. The highest BCUT2D eigenvalue weighted by molar-refractivity contribution is 5.95. The first-order valence-electron chi connectivity index (χ1n) is 8.76. The van der Waals surface area contributed by atoms with E-state index in [9.17, 15) is 4.79 Å². The summed E-state index contributed by atoms with van der Waals surface area (Å²) >= 11 is 0. The predicted octanol–water partition coefficient (Wildman–Crippen LogP) is 2.23. The average molecular weight is 297 g/mol. The van der Waals surface area contributed by atoms with E-state index in [1.165, 1.54) is 38.5 Å². The van der Waals surface area contributed by atoms with E-state index in [-0.39, 0.29) is 12.1 Å². The van der Waals surface area contributed by atoms with Crippen LogP contribution in [0.15, 0.2) is 35.8 Å². The van der Waals surface area contributed by atoms with Gasteiger partial charge in [-0.1, -0.05) is 6.08 Å². The lowest BCUT2D eigenvalue weighted by atomic mass is 10.1. The molecule has 0 radical (unpaired) electrons. The normalized spacial score (nSPS) is 29.9. The molecule has 0 bridgehead atoms. The molecule has 5 rings (SSSR count). The lowest BCUT2D eigenvalue weighted by Crippen LogP contribution is -2.43. The number of fused-ring (bicyclic) bond motifs is 1. The van der Waals surface area contributed by atoms with Crippen LogP contribution in [0.25, 0.3) is 0 Å². The highest BCUT2D eigenvalue weighted by Crippen LogP contribution is 2.45. The largest absolute Gasteiger partial charge is 0.358 e. The van der Waals surface area contributed by atoms with Gasteiger partial charge in [-0.25, -0.2) is 0 Å². The van der Waals surface area contributed by atoms with Gasteiger partial charge in [0.15, 0.2) is 0 Å². The molecule has 0 aromatic carbocycles. The molecule has 3 fully saturated rings. The second-order valence-corrected chi connectivity index (χ2v) is 7.47. The average Bonchev–Trinajstić information content (AvgIpc) is 3.36. The Labute approximate surface area is 131 Å². The maximum atomic E-state index is 12.8. The number of amides is 1. The number of hydrogen-bond acceptors (Lipinski definition) is 3. The monoisotopic (exact) mass is 297 g/mol. The molecule has 2 N–H and O–H groups in total. The van der Waals surface area contributed by atoms with Gasteiger partial charge in [-0.15, -0.1) is 0 Å². The zero-order valence-electron chi connectivity index (χ0n) is 12.8. The molecule has 1 unspecified atom stereocenters. The molecular formula is C18H23N3O. The number of nitrogens with one attached hydrogen (secondary N) is 2. The highest BCUT2D eigenvalue weighted by atomic mass is 16.2. The van der Waals surface area contributed by atoms with Crippen LogP contribution in [0.1, 0.15) is 38.5 Å². The van der Waals surface area contributed by atoms with E-state index in [2.05, 4.69) is 33.9 Å². The first kappa shape index (κ1) is 12.8. The van der Waals surface area contributed by atoms with Gasteiger partial charge in [0.05, 0.1) is 5.70 Å². The number of carbonyl (C=O) groups excluding carboxylic acids is 1. The van der Waals surface area contributed by atoms with Crippen LogP contribution < -0.4 is 10.6 Å². The summed E-state index contributed by atoms with van der Waals surface area (Å²) in [5, 5.41) is 6.86. The summed E-state index contributed by atoms with van der Waals surface area (Å²) in [6.45, 7) is 0. The van der Waals surface area contributed by atoms with Crippen LogP contribution in [0.4, 0.5) is 0 Å². The molecule has 0 aromatic rings. The predicted molar refractivity (Wildman–Crippen MR) is 84.2 cm³/mol. The Morgan fingerprint density at radius 1 is 1.14 bits per heavy atom. The third kappa shape index (κ3) is 2.16. The Kier molecular flexibility index (Phi) is 2.70. The topological polar surface area (TPSA) is 44.4 Å². The van der Waals surface area contributed by atoms with E-state index >= 15 is 0 Å². The van der Waals surface area contributed by atoms with Crippen molar-refractivity contribution in [2.45, 2.75) is 50.7 Å². The van der Waals surface area contributed by atoms with Crippen molar-refractivity contribution in [2.75, 3.05) is 0 Å². The van der Waals surface area contributed by atoms with Gasteiger partial charge in [0.25, 0.3) is 5.91 Å². The molecule has 1 amide bonds. The Balaban J connectivity index is 1.37. The van der Waals surface area contributed by atoms with Crippen molar-refractivity contribution in [2.24, 2.45) is 17.8 Å². The van der Waals surface area contributed by atoms with E-state index in [0.717, 1.165) is 23.2 Å². The minimum absolute atomic E-state index is 0.104. The molecule has 0 saturated heterocycles. The summed E-state index contributed by atoms with van der Waals surface area (Å²) in [5.41, 5.74) is 1.83. The van der Waals surface area contributed by atoms with Crippen LogP contribution in [0.5, 0.6) is 0 Å². The van der Waals surface area contributed by atoms with Gasteiger partial charge in [-0.3, -0.25) is 4.79 Å². The molecule has 22 heavy (non-hydrogen) atoms. The van der Waals surface area contributed by atoms with Gasteiger partial charge in [0, 0.05) is 12.2 Å². The lowest BCUT2D eigenvalue weighted by Gasteiger charge is -2.25. The van der Waals surface area contributed by atoms with E-state index in [1.807, 2.05) is 6.08 Å². The van der Waals surface area contributed by atoms with Crippen LogP contribution in [-0.2, 0) is 4.79 Å². The first-order chi connectivity index (χ1) is 10.8. The van der Waals surface area contributed by atoms with Crippen molar-refractivity contribution < 1.29 is 4.79 Å². The van der Waals surface area contributed by atoms with Crippen LogP contribution in [0, 0.1) is 17.8 Å². The van der Waals surface area contributed by atoms with Crippen molar-refractivity contribution in [3.05, 3.63) is 35.8 Å². The maximum Gasteiger partial charge on any atom is 0.269 e. The van der Waals surface area contributed by atoms with Gasteiger partial charge in [-0.2, -0.15) is 0 Å². The van der Waals surface area contributed by atoms with Crippen LogP contribution in [-0.4, -0.2) is 23.0 Å². The number of carbonyl (C=O) groups is 1. The molecule has 4 heteroatoms. The quantitative estimate of drug-likeness (QED) is 0.818. The lowest BCUT2D eigenvalue weighted by molar-refractivity contribution is -0.118. The van der Waals surface area contributed by atoms with Crippen molar-refractivity contribution >= 4 is 5.91 Å². The first-order valence-corrected chi connectivity index (χ1v) is 8.76. The second-order valence-electron chi connectivity index (χ2n) is 7.47. The van der Waals surface area contributed by atoms with Crippen LogP contribution in [0.3, 0.4) is 0 Å². The Morgan fingerprint density at radius 2 is 1.86 bits per heavy atom. The van der Waals surface area contributed by atoms with Gasteiger partial charge in [0.2, 0.25) is 0 Å². The van der Waals surface area contributed by atoms with Crippen molar-refractivity contribution in [1.82, 2.24) is 15.5 Å². The Bertz CT molecular complexity index is 581. The fourth-order valence-corrected chi connectivity index (χ4v) is 3.90. The highest BCUT2D eigenvalue weighted by Gasteiger charge is 2.45. The minimum Gasteiger partial charge on any atom is -0.358 e. The molecule has 4 nitrogen and oxygen atoms in total. The maximum absolute atomic E-state index is 12.8. The molecule has 0 spiro atoms. The van der Waals surface area contributed by atoms with Gasteiger partial charge in [-0.05, 0) is 68.4 Å². The Hall–Kier alpha value is -1.71. The summed E-state index contributed by atoms with van der Waals surface area (Å²) in [6.07, 6.45) is 16.2.